The van der Waals surface area contributed by atoms with Gasteiger partial charge in [-0.25, -0.2) is 0 Å². The van der Waals surface area contributed by atoms with Gasteiger partial charge in [-0.2, -0.15) is 0 Å². The van der Waals surface area contributed by atoms with Gasteiger partial charge in [0.1, 0.15) is 0 Å². The topological polar surface area (TPSA) is 41.0 Å². The summed E-state index contributed by atoms with van der Waals surface area (Å²) >= 11 is 5.20. The molecule has 0 bridgehead atoms. The third-order valence-electron chi connectivity index (χ3n) is 3.84. The van der Waals surface area contributed by atoms with Crippen LogP contribution in [0.1, 0.15) is 25.7 Å². The summed E-state index contributed by atoms with van der Waals surface area (Å²) in [4.78, 5) is 16.1. The average molecular weight is 253 g/mol. The highest BCUT2D eigenvalue weighted by atomic mass is 32.1. The third-order valence-corrected chi connectivity index (χ3v) is 4.18. The van der Waals surface area contributed by atoms with Crippen molar-refractivity contribution in [1.82, 2.24) is 14.5 Å². The van der Waals surface area contributed by atoms with Crippen LogP contribution in [0.4, 0.5) is 0 Å². The van der Waals surface area contributed by atoms with Crippen molar-refractivity contribution in [1.29, 1.82) is 0 Å². The summed E-state index contributed by atoms with van der Waals surface area (Å²) < 4.78 is 2.49. The molecule has 1 N–H and O–H groups in total. The summed E-state index contributed by atoms with van der Waals surface area (Å²) in [5, 5.41) is 0. The first-order chi connectivity index (χ1) is 8.03. The minimum atomic E-state index is -0.128. The van der Waals surface area contributed by atoms with Gasteiger partial charge in [0.05, 0.1) is 0 Å². The number of nitrogens with zero attached hydrogens (tertiary/aromatic N) is 2. The maximum atomic E-state index is 11.1. The summed E-state index contributed by atoms with van der Waals surface area (Å²) in [7, 11) is 4.25. The average Bonchev–Trinajstić information content (AvgIpc) is 2.72. The second kappa shape index (κ2) is 4.74. The Hall–Kier alpha value is -0.940. The number of aromatic amines is 1. The van der Waals surface area contributed by atoms with Gasteiger partial charge in [0.2, 0.25) is 0 Å². The van der Waals surface area contributed by atoms with Crippen LogP contribution >= 0.6 is 12.2 Å². The lowest BCUT2D eigenvalue weighted by Gasteiger charge is -2.37. The van der Waals surface area contributed by atoms with Crippen molar-refractivity contribution in [3.05, 3.63) is 27.4 Å². The zero-order chi connectivity index (χ0) is 12.5. The third kappa shape index (κ3) is 2.50. The van der Waals surface area contributed by atoms with E-state index in [0.29, 0.717) is 4.77 Å². The molecule has 1 heterocycles. The molecule has 1 fully saturated rings. The number of nitrogens with one attached hydrogen (secondary N) is 1. The molecular weight excluding hydrogens is 234 g/mol. The minimum Gasteiger partial charge on any atom is -0.323 e. The van der Waals surface area contributed by atoms with Crippen molar-refractivity contribution in [2.75, 3.05) is 14.1 Å². The van der Waals surface area contributed by atoms with Crippen LogP contribution in [0.15, 0.2) is 17.1 Å². The first kappa shape index (κ1) is 12.5. The van der Waals surface area contributed by atoms with Crippen molar-refractivity contribution in [3.8, 4) is 0 Å². The van der Waals surface area contributed by atoms with Gasteiger partial charge in [0.15, 0.2) is 4.77 Å². The highest BCUT2D eigenvalue weighted by Crippen LogP contribution is 2.35. The monoisotopic (exact) mass is 253 g/mol. The largest absolute Gasteiger partial charge is 0.323 e. The quantitative estimate of drug-likeness (QED) is 0.835. The van der Waals surface area contributed by atoms with Gasteiger partial charge in [-0.05, 0) is 39.2 Å². The lowest BCUT2D eigenvalue weighted by molar-refractivity contribution is 0.132. The van der Waals surface area contributed by atoms with E-state index in [-0.39, 0.29) is 11.1 Å². The number of aromatic nitrogens is 2. The van der Waals surface area contributed by atoms with Crippen molar-refractivity contribution >= 4 is 12.2 Å². The number of hydrogen-bond acceptors (Lipinski definition) is 3. The van der Waals surface area contributed by atoms with E-state index < -0.39 is 0 Å². The van der Waals surface area contributed by atoms with Crippen LogP contribution in [0.5, 0.6) is 0 Å². The molecule has 1 aliphatic rings. The first-order valence-corrected chi connectivity index (χ1v) is 6.42. The second-order valence-electron chi connectivity index (χ2n) is 5.06. The molecule has 1 aromatic heterocycles. The first-order valence-electron chi connectivity index (χ1n) is 6.01. The Morgan fingerprint density at radius 2 is 2.12 bits per heavy atom. The Balaban J connectivity index is 2.30. The normalized spacial score (nSPS) is 18.8. The molecule has 17 heavy (non-hydrogen) atoms. The van der Waals surface area contributed by atoms with Crippen LogP contribution in [-0.2, 0) is 6.54 Å². The molecule has 0 aromatic carbocycles. The smallest absolute Gasteiger partial charge is 0.251 e. The Morgan fingerprint density at radius 1 is 1.47 bits per heavy atom. The summed E-state index contributed by atoms with van der Waals surface area (Å²) in [5.74, 6) is 0. The van der Waals surface area contributed by atoms with E-state index in [0.717, 1.165) is 6.54 Å². The number of hydrogen-bond donors (Lipinski definition) is 1. The maximum absolute atomic E-state index is 11.1. The van der Waals surface area contributed by atoms with Crippen molar-refractivity contribution in [3.63, 3.8) is 0 Å². The molecule has 0 aliphatic heterocycles. The van der Waals surface area contributed by atoms with Gasteiger partial charge < -0.3 is 9.47 Å². The van der Waals surface area contributed by atoms with E-state index in [9.17, 15) is 4.79 Å². The highest BCUT2D eigenvalue weighted by Gasteiger charge is 2.36. The maximum Gasteiger partial charge on any atom is 0.251 e. The zero-order valence-electron chi connectivity index (χ0n) is 10.4. The molecule has 0 unspecified atom stereocenters. The van der Waals surface area contributed by atoms with Crippen LogP contribution in [0.2, 0.25) is 0 Å². The fourth-order valence-corrected chi connectivity index (χ4v) is 2.89. The fraction of sp³-hybridized carbons (Fsp3) is 0.667. The van der Waals surface area contributed by atoms with Crippen LogP contribution < -0.4 is 5.56 Å². The van der Waals surface area contributed by atoms with Gasteiger partial charge in [0, 0.05) is 24.3 Å². The molecule has 5 heteroatoms. The number of likely N-dealkylation sites (N-methyl/N-ethyl adjacent to an activating group) is 1. The molecule has 1 aliphatic carbocycles. The van der Waals surface area contributed by atoms with Crippen LogP contribution in [0.3, 0.4) is 0 Å². The van der Waals surface area contributed by atoms with Crippen molar-refractivity contribution in [2.45, 2.75) is 37.8 Å². The number of rotatable bonds is 3. The Labute approximate surface area is 106 Å². The predicted octanol–water partition coefficient (Wildman–Crippen LogP) is 1.78. The molecule has 1 saturated carbocycles. The van der Waals surface area contributed by atoms with E-state index in [4.69, 9.17) is 12.2 Å². The molecule has 0 spiro atoms. The van der Waals surface area contributed by atoms with Gasteiger partial charge in [-0.15, -0.1) is 0 Å². The van der Waals surface area contributed by atoms with E-state index in [1.165, 1.54) is 31.7 Å². The summed E-state index contributed by atoms with van der Waals surface area (Å²) in [6.07, 6.45) is 6.73. The van der Waals surface area contributed by atoms with Crippen molar-refractivity contribution in [2.24, 2.45) is 0 Å². The lowest BCUT2D eigenvalue weighted by atomic mass is 9.96. The second-order valence-corrected chi connectivity index (χ2v) is 5.45. The van der Waals surface area contributed by atoms with E-state index in [2.05, 4.69) is 24.0 Å². The molecule has 0 radical (unpaired) electrons. The van der Waals surface area contributed by atoms with Gasteiger partial charge in [-0.1, -0.05) is 12.8 Å². The Morgan fingerprint density at radius 3 is 2.65 bits per heavy atom. The summed E-state index contributed by atoms with van der Waals surface area (Å²) in [5.41, 5.74) is 0.0628. The lowest BCUT2D eigenvalue weighted by Crippen LogP contribution is -2.45. The molecule has 2 rings (SSSR count). The van der Waals surface area contributed by atoms with Crippen LogP contribution in [-0.4, -0.2) is 34.1 Å². The highest BCUT2D eigenvalue weighted by molar-refractivity contribution is 7.71. The zero-order valence-corrected chi connectivity index (χ0v) is 11.2. The molecule has 0 atom stereocenters. The molecule has 0 saturated heterocycles. The predicted molar refractivity (Wildman–Crippen MR) is 70.8 cm³/mol. The van der Waals surface area contributed by atoms with Gasteiger partial charge >= 0.3 is 0 Å². The van der Waals surface area contributed by atoms with E-state index in [1.54, 1.807) is 6.20 Å². The van der Waals surface area contributed by atoms with Gasteiger partial charge in [-0.3, -0.25) is 9.78 Å². The molecule has 1 aromatic rings. The van der Waals surface area contributed by atoms with Crippen LogP contribution in [0.25, 0.3) is 0 Å². The molecule has 0 amide bonds. The molecule has 94 valence electrons. The Bertz CT molecular complexity index is 497. The SMILES string of the molecule is CN(C)C1(Cn2ccc(=O)[nH]c2=S)CCCC1. The standard InChI is InChI=1S/C12H19N3OS/c1-14(2)12(6-3-4-7-12)9-15-8-5-10(16)13-11(15)17/h5,8H,3-4,6-7,9H2,1-2H3,(H,13,16,17). The fourth-order valence-electron chi connectivity index (χ4n) is 2.67. The minimum absolute atomic E-state index is 0.128. The van der Waals surface area contributed by atoms with E-state index in [1.807, 2.05) is 4.57 Å². The van der Waals surface area contributed by atoms with E-state index >= 15 is 0 Å². The van der Waals surface area contributed by atoms with Crippen LogP contribution in [0, 0.1) is 4.77 Å². The van der Waals surface area contributed by atoms with Crippen molar-refractivity contribution < 1.29 is 0 Å². The Kier molecular flexibility index (Phi) is 3.49. The number of H-pyrrole nitrogens is 1. The van der Waals surface area contributed by atoms with Gasteiger partial charge in [0.25, 0.3) is 5.56 Å². The molecular formula is C12H19N3OS. The molecule has 4 nitrogen and oxygen atoms in total. The summed E-state index contributed by atoms with van der Waals surface area (Å²) in [6.45, 7) is 0.857. The summed E-state index contributed by atoms with van der Waals surface area (Å²) in [6, 6.07) is 1.54.